The maximum absolute atomic E-state index is 12.5. The highest BCUT2D eigenvalue weighted by molar-refractivity contribution is 8.13. The van der Waals surface area contributed by atoms with Gasteiger partial charge in [0.15, 0.2) is 5.17 Å². The highest BCUT2D eigenvalue weighted by atomic mass is 32.2. The predicted molar refractivity (Wildman–Crippen MR) is 106 cm³/mol. The lowest BCUT2D eigenvalue weighted by atomic mass is 9.94. The number of carbonyl (C=O) groups is 2. The molecule has 27 heavy (non-hydrogen) atoms. The van der Waals surface area contributed by atoms with Gasteiger partial charge >= 0.3 is 5.97 Å². The number of allylic oxidation sites excluding steroid dienone is 1. The number of aliphatic imine (C=N–C) groups is 1. The molecule has 2 aliphatic heterocycles. The molecule has 0 spiro atoms. The smallest absolute Gasteiger partial charge is 0.338 e. The van der Waals surface area contributed by atoms with E-state index in [9.17, 15) is 9.59 Å². The molecule has 1 saturated heterocycles. The molecular weight excluding hydrogens is 366 g/mol. The lowest BCUT2D eigenvalue weighted by Gasteiger charge is -2.40. The third-order valence-electron chi connectivity index (χ3n) is 4.43. The second-order valence-electron chi connectivity index (χ2n) is 6.29. The second kappa shape index (κ2) is 8.58. The number of rotatable bonds is 5. The van der Waals surface area contributed by atoms with Crippen molar-refractivity contribution in [3.05, 3.63) is 41.1 Å². The van der Waals surface area contributed by atoms with Gasteiger partial charge in [-0.3, -0.25) is 4.79 Å². The standard InChI is InChI=1S/C19H23N3O4S/c1-12-16(18(24)26-3)17(22-8-5-9-27-19(22)20-12)13-6-4-7-14(10-13)21-15(23)11-25-2/h4,6-7,10,17H,5,8-9,11H2,1-3H3,(H,21,23). The highest BCUT2D eigenvalue weighted by Crippen LogP contribution is 2.40. The summed E-state index contributed by atoms with van der Waals surface area (Å²) < 4.78 is 9.90. The number of carbonyl (C=O) groups excluding carboxylic acids is 2. The van der Waals surface area contributed by atoms with E-state index in [0.717, 1.165) is 29.4 Å². The summed E-state index contributed by atoms with van der Waals surface area (Å²) in [5.41, 5.74) is 2.76. The third-order valence-corrected chi connectivity index (χ3v) is 5.50. The molecule has 7 nitrogen and oxygen atoms in total. The Bertz CT molecular complexity index is 806. The van der Waals surface area contributed by atoms with Crippen LogP contribution in [-0.2, 0) is 19.1 Å². The van der Waals surface area contributed by atoms with E-state index in [1.165, 1.54) is 14.2 Å². The molecule has 3 rings (SSSR count). The van der Waals surface area contributed by atoms with Crippen molar-refractivity contribution in [2.24, 2.45) is 4.99 Å². The molecule has 1 aromatic rings. The van der Waals surface area contributed by atoms with E-state index in [2.05, 4.69) is 15.2 Å². The molecule has 0 saturated carbocycles. The number of esters is 1. The van der Waals surface area contributed by atoms with Crippen LogP contribution in [0.1, 0.15) is 24.9 Å². The lowest BCUT2D eigenvalue weighted by molar-refractivity contribution is -0.137. The summed E-state index contributed by atoms with van der Waals surface area (Å²) in [5.74, 6) is 0.398. The van der Waals surface area contributed by atoms with Gasteiger partial charge in [-0.1, -0.05) is 23.9 Å². The first-order valence-electron chi connectivity index (χ1n) is 8.71. The van der Waals surface area contributed by atoms with Gasteiger partial charge in [-0.25, -0.2) is 9.79 Å². The first kappa shape index (κ1) is 19.4. The van der Waals surface area contributed by atoms with Gasteiger partial charge < -0.3 is 19.7 Å². The van der Waals surface area contributed by atoms with Crippen LogP contribution in [0.3, 0.4) is 0 Å². The van der Waals surface area contributed by atoms with Gasteiger partial charge in [0.1, 0.15) is 6.61 Å². The highest BCUT2D eigenvalue weighted by Gasteiger charge is 2.37. The van der Waals surface area contributed by atoms with E-state index in [1.807, 2.05) is 31.2 Å². The molecule has 1 aromatic carbocycles. The molecule has 1 fully saturated rings. The first-order valence-corrected chi connectivity index (χ1v) is 9.69. The van der Waals surface area contributed by atoms with Crippen molar-refractivity contribution in [3.8, 4) is 0 Å². The molecule has 8 heteroatoms. The van der Waals surface area contributed by atoms with Crippen molar-refractivity contribution in [1.82, 2.24) is 4.90 Å². The van der Waals surface area contributed by atoms with E-state index in [1.54, 1.807) is 11.8 Å². The number of benzene rings is 1. The van der Waals surface area contributed by atoms with E-state index in [4.69, 9.17) is 9.47 Å². The fraction of sp³-hybridized carbons (Fsp3) is 0.421. The van der Waals surface area contributed by atoms with Crippen molar-refractivity contribution in [2.75, 3.05) is 38.4 Å². The zero-order chi connectivity index (χ0) is 19.4. The van der Waals surface area contributed by atoms with Crippen molar-refractivity contribution >= 4 is 34.5 Å². The summed E-state index contributed by atoms with van der Waals surface area (Å²) in [4.78, 5) is 31.1. The SMILES string of the molecule is COCC(=O)Nc1cccc(C2C(C(=O)OC)=C(C)N=C3SCCCN32)c1. The number of nitrogens with zero attached hydrogens (tertiary/aromatic N) is 2. The van der Waals surface area contributed by atoms with Crippen molar-refractivity contribution < 1.29 is 19.1 Å². The molecule has 1 atom stereocenters. The van der Waals surface area contributed by atoms with E-state index < -0.39 is 0 Å². The minimum atomic E-state index is -0.385. The normalized spacial score (nSPS) is 19.3. The summed E-state index contributed by atoms with van der Waals surface area (Å²) in [7, 11) is 2.86. The fourth-order valence-corrected chi connectivity index (χ4v) is 4.32. The van der Waals surface area contributed by atoms with Crippen LogP contribution in [0.2, 0.25) is 0 Å². The van der Waals surface area contributed by atoms with Crippen molar-refractivity contribution in [3.63, 3.8) is 0 Å². The van der Waals surface area contributed by atoms with Gasteiger partial charge in [-0.15, -0.1) is 0 Å². The van der Waals surface area contributed by atoms with Crippen molar-refractivity contribution in [1.29, 1.82) is 0 Å². The third kappa shape index (κ3) is 4.17. The average molecular weight is 389 g/mol. The molecule has 0 aromatic heterocycles. The number of amides is 1. The van der Waals surface area contributed by atoms with Crippen LogP contribution in [0.4, 0.5) is 5.69 Å². The maximum Gasteiger partial charge on any atom is 0.338 e. The van der Waals surface area contributed by atoms with Crippen molar-refractivity contribution in [2.45, 2.75) is 19.4 Å². The first-order chi connectivity index (χ1) is 13.0. The van der Waals surface area contributed by atoms with Crippen LogP contribution in [0.5, 0.6) is 0 Å². The van der Waals surface area contributed by atoms with E-state index in [0.29, 0.717) is 17.0 Å². The Hall–Kier alpha value is -2.32. The largest absolute Gasteiger partial charge is 0.466 e. The van der Waals surface area contributed by atoms with Crippen LogP contribution in [0.15, 0.2) is 40.5 Å². The van der Waals surface area contributed by atoms with E-state index in [-0.39, 0.29) is 24.5 Å². The Morgan fingerprint density at radius 1 is 1.37 bits per heavy atom. The minimum Gasteiger partial charge on any atom is -0.466 e. The molecule has 0 aliphatic carbocycles. The molecule has 2 aliphatic rings. The molecule has 0 radical (unpaired) electrons. The summed E-state index contributed by atoms with van der Waals surface area (Å²) >= 11 is 1.70. The molecule has 0 bridgehead atoms. The summed E-state index contributed by atoms with van der Waals surface area (Å²) in [5, 5.41) is 3.73. The maximum atomic E-state index is 12.5. The molecule has 2 heterocycles. The number of ether oxygens (including phenoxy) is 2. The Morgan fingerprint density at radius 3 is 2.93 bits per heavy atom. The fourth-order valence-electron chi connectivity index (χ4n) is 3.30. The van der Waals surface area contributed by atoms with Gasteiger partial charge in [-0.05, 0) is 31.0 Å². The van der Waals surface area contributed by atoms with Crippen LogP contribution in [-0.4, -0.2) is 55.1 Å². The zero-order valence-electron chi connectivity index (χ0n) is 15.7. The molecule has 1 amide bonds. The van der Waals surface area contributed by atoms with Gasteiger partial charge in [0.25, 0.3) is 0 Å². The number of anilines is 1. The van der Waals surface area contributed by atoms with Gasteiger partial charge in [0.05, 0.1) is 24.4 Å². The number of nitrogens with one attached hydrogen (secondary N) is 1. The number of fused-ring (bicyclic) bond motifs is 1. The predicted octanol–water partition coefficient (Wildman–Crippen LogP) is 2.57. The average Bonchev–Trinajstić information content (AvgIpc) is 2.66. The molecule has 1 N–H and O–H groups in total. The summed E-state index contributed by atoms with van der Waals surface area (Å²) in [6, 6.07) is 7.22. The number of amidine groups is 1. The molecular formula is C19H23N3O4S. The Labute approximate surface area is 162 Å². The minimum absolute atomic E-state index is 0.0142. The van der Waals surface area contributed by atoms with Gasteiger partial charge in [0.2, 0.25) is 5.91 Å². The zero-order valence-corrected chi connectivity index (χ0v) is 16.5. The molecule has 1 unspecified atom stereocenters. The number of methoxy groups -OCH3 is 2. The van der Waals surface area contributed by atoms with Crippen LogP contribution in [0.25, 0.3) is 0 Å². The molecule has 144 valence electrons. The second-order valence-corrected chi connectivity index (χ2v) is 7.35. The Kier molecular flexibility index (Phi) is 6.18. The number of hydrogen-bond acceptors (Lipinski definition) is 7. The summed E-state index contributed by atoms with van der Waals surface area (Å²) in [6.07, 6.45) is 1.01. The topological polar surface area (TPSA) is 80.2 Å². The van der Waals surface area contributed by atoms with Crippen LogP contribution in [0, 0.1) is 0 Å². The number of hydrogen-bond donors (Lipinski definition) is 1. The Balaban J connectivity index is 2.00. The van der Waals surface area contributed by atoms with Crippen LogP contribution >= 0.6 is 11.8 Å². The monoisotopic (exact) mass is 389 g/mol. The summed E-state index contributed by atoms with van der Waals surface area (Å²) in [6.45, 7) is 2.63. The Morgan fingerprint density at radius 2 is 2.19 bits per heavy atom. The quantitative estimate of drug-likeness (QED) is 0.780. The van der Waals surface area contributed by atoms with Gasteiger partial charge in [-0.2, -0.15) is 0 Å². The number of thioether (sulfide) groups is 1. The van der Waals surface area contributed by atoms with Crippen LogP contribution < -0.4 is 5.32 Å². The van der Waals surface area contributed by atoms with Gasteiger partial charge in [0, 0.05) is 25.1 Å². The lowest BCUT2D eigenvalue weighted by Crippen LogP contribution is -2.42. The van der Waals surface area contributed by atoms with E-state index >= 15 is 0 Å².